The molecule has 2 aromatic carbocycles. The number of benzene rings is 2. The Morgan fingerprint density at radius 2 is 1.02 bits per heavy atom. The van der Waals surface area contributed by atoms with Crippen LogP contribution in [0.1, 0.15) is 160 Å². The summed E-state index contributed by atoms with van der Waals surface area (Å²) in [7, 11) is 0. The maximum Gasteiger partial charge on any atom is 2.00 e. The van der Waals surface area contributed by atoms with Crippen molar-refractivity contribution in [2.24, 2.45) is 0 Å². The molecule has 0 aromatic heterocycles. The number of unbranched alkanes of at least 4 members (excludes halogenated alkanes) is 10. The van der Waals surface area contributed by atoms with Crippen molar-refractivity contribution in [2.45, 2.75) is 150 Å². The molecule has 3 heteroatoms. The smallest absolute Gasteiger partial charge is 0.493 e. The second-order valence-corrected chi connectivity index (χ2v) is 11.9. The molecular weight excluding hydrogens is 579 g/mol. The summed E-state index contributed by atoms with van der Waals surface area (Å²) in [5, 5.41) is 0. The maximum absolute atomic E-state index is 11.3. The number of aryl methyl sites for hydroxylation is 2. The van der Waals surface area contributed by atoms with E-state index >= 15 is 0 Å². The Kier molecular flexibility index (Phi) is 26.1. The molecule has 0 N–H and O–H groups in total. The van der Waals surface area contributed by atoms with E-state index in [2.05, 4.69) is 103 Å². The molecule has 0 aliphatic carbocycles. The van der Waals surface area contributed by atoms with Gasteiger partial charge in [-0.3, -0.25) is 0 Å². The van der Waals surface area contributed by atoms with Gasteiger partial charge in [0.1, 0.15) is 0 Å². The first-order chi connectivity index (χ1) is 21.0. The summed E-state index contributed by atoms with van der Waals surface area (Å²) in [5.41, 5.74) is 19.3. The summed E-state index contributed by atoms with van der Waals surface area (Å²) in [4.78, 5) is 0. The number of allylic oxidation sites excluding steroid dienone is 2. The topological polar surface area (TPSA) is 25.3 Å². The third kappa shape index (κ3) is 16.4. The van der Waals surface area contributed by atoms with Crippen LogP contribution in [0.2, 0.25) is 0 Å². The van der Waals surface area contributed by atoms with E-state index in [-0.39, 0.29) is 16.5 Å². The molecule has 1 heterocycles. The van der Waals surface area contributed by atoms with E-state index in [1.807, 2.05) is 0 Å². The van der Waals surface area contributed by atoms with Crippen molar-refractivity contribution in [2.75, 3.05) is 0 Å². The van der Waals surface area contributed by atoms with Crippen LogP contribution in [-0.2, 0) is 29.3 Å². The molecule has 0 atom stereocenters. The van der Waals surface area contributed by atoms with Crippen LogP contribution >= 0.6 is 0 Å². The van der Waals surface area contributed by atoms with Gasteiger partial charge in [-0.25, -0.2) is 4.70 Å². The Labute approximate surface area is 283 Å². The molecule has 0 amide bonds. The average molecular weight is 644 g/mol. The molecule has 0 saturated carbocycles. The van der Waals surface area contributed by atoms with Gasteiger partial charge in [0.2, 0.25) is 11.4 Å². The van der Waals surface area contributed by atoms with E-state index in [9.17, 15) is 5.53 Å². The summed E-state index contributed by atoms with van der Waals surface area (Å²) < 4.78 is 1.44. The predicted molar refractivity (Wildman–Crippen MR) is 192 cm³/mol. The molecule has 2 nitrogen and oxygen atoms in total. The first-order valence-corrected chi connectivity index (χ1v) is 17.7. The summed E-state index contributed by atoms with van der Waals surface area (Å²) in [5.74, 6) is 0. The van der Waals surface area contributed by atoms with E-state index < -0.39 is 0 Å². The van der Waals surface area contributed by atoms with Gasteiger partial charge in [-0.2, -0.15) is 12.8 Å². The third-order valence-electron chi connectivity index (χ3n) is 7.87. The third-order valence-corrected chi connectivity index (χ3v) is 7.87. The first kappa shape index (κ1) is 42.0. The number of hydrogen-bond donors (Lipinski definition) is 0. The van der Waals surface area contributed by atoms with Crippen LogP contribution in [0.25, 0.3) is 16.9 Å². The fourth-order valence-electron chi connectivity index (χ4n) is 5.20. The van der Waals surface area contributed by atoms with Crippen molar-refractivity contribution in [3.8, 4) is 0 Å². The summed E-state index contributed by atoms with van der Waals surface area (Å²) >= 11 is 0. The number of nitrogens with zero attached hydrogens (tertiary/aromatic N) is 2. The zero-order valence-electron chi connectivity index (χ0n) is 29.0. The van der Waals surface area contributed by atoms with E-state index in [0.29, 0.717) is 0 Å². The molecule has 1 aliphatic heterocycles. The molecule has 0 spiro atoms. The fraction of sp³-hybridized carbons (Fsp3) is 0.561. The quantitative estimate of drug-likeness (QED) is 0.0669. The van der Waals surface area contributed by atoms with Gasteiger partial charge in [0.05, 0.1) is 0 Å². The molecule has 0 saturated heterocycles. The van der Waals surface area contributed by atoms with Crippen molar-refractivity contribution < 1.29 is 21.2 Å². The maximum atomic E-state index is 11.3. The zero-order valence-corrected chi connectivity index (χ0v) is 30.0. The minimum atomic E-state index is 0. The van der Waals surface area contributed by atoms with E-state index in [4.69, 9.17) is 0 Å². The Morgan fingerprint density at radius 3 is 1.48 bits per heavy atom. The van der Waals surface area contributed by atoms with Crippen molar-refractivity contribution in [1.82, 2.24) is 0 Å². The number of hydrogen-bond acceptors (Lipinski definition) is 0. The number of rotatable bonds is 18. The molecule has 0 fully saturated rings. The van der Waals surface area contributed by atoms with Gasteiger partial charge in [-0.05, 0) is 73.9 Å². The Morgan fingerprint density at radius 1 is 0.568 bits per heavy atom. The van der Waals surface area contributed by atoms with Crippen molar-refractivity contribution in [3.05, 3.63) is 102 Å². The zero-order chi connectivity index (χ0) is 31.7. The van der Waals surface area contributed by atoms with Crippen LogP contribution in [0, 0.1) is 13.8 Å². The van der Waals surface area contributed by atoms with Crippen LogP contribution in [0.4, 0.5) is 0 Å². The monoisotopic (exact) mass is 642 g/mol. The molecule has 3 rings (SSSR count). The van der Waals surface area contributed by atoms with Crippen LogP contribution in [0.15, 0.2) is 60.2 Å². The largest absolute Gasteiger partial charge is 2.00 e. The second-order valence-electron chi connectivity index (χ2n) is 11.9. The molecular formula is C41H64N2Ni. The van der Waals surface area contributed by atoms with Gasteiger partial charge < -0.3 is 19.4 Å². The molecule has 0 unspecified atom stereocenters. The second kappa shape index (κ2) is 27.3. The molecule has 0 bridgehead atoms. The van der Waals surface area contributed by atoms with Gasteiger partial charge in [0.15, 0.2) is 0 Å². The Hall–Kier alpha value is -1.99. The van der Waals surface area contributed by atoms with Crippen LogP contribution in [-0.4, -0.2) is 4.70 Å². The van der Waals surface area contributed by atoms with E-state index in [1.54, 1.807) is 0 Å². The fourth-order valence-corrected chi connectivity index (χ4v) is 5.20. The van der Waals surface area contributed by atoms with Crippen molar-refractivity contribution in [3.63, 3.8) is 0 Å². The molecule has 44 heavy (non-hydrogen) atoms. The first-order valence-electron chi connectivity index (χ1n) is 17.7. The molecule has 2 aromatic rings. The van der Waals surface area contributed by atoms with Crippen LogP contribution in [0.3, 0.4) is 0 Å². The average Bonchev–Trinajstić information content (AvgIpc) is 3.37. The minimum absolute atomic E-state index is 0. The molecule has 0 radical (unpaired) electrons. The molecule has 248 valence electrons. The van der Waals surface area contributed by atoms with Gasteiger partial charge in [0.25, 0.3) is 0 Å². The summed E-state index contributed by atoms with van der Waals surface area (Å²) in [6, 6.07) is 17.4. The SMILES string of the molecule is CCCCCC1=C(c2cccc(CCCC)c2)[N+](=[N-])C(c2cccc(CCCC)c2)=C1.[CH2-]CCCCC.[CH2-]CCCCC.[Ni+2]. The van der Waals surface area contributed by atoms with Crippen molar-refractivity contribution in [1.29, 1.82) is 0 Å². The summed E-state index contributed by atoms with van der Waals surface area (Å²) in [6.07, 6.45) is 23.9. The van der Waals surface area contributed by atoms with Crippen molar-refractivity contribution >= 4 is 11.4 Å². The van der Waals surface area contributed by atoms with Gasteiger partial charge in [-0.15, -0.1) is 0 Å². The Balaban J connectivity index is 0.00000120. The Bertz CT molecular complexity index is 1070. The summed E-state index contributed by atoms with van der Waals surface area (Å²) in [6.45, 7) is 18.6. The van der Waals surface area contributed by atoms with Gasteiger partial charge in [-0.1, -0.05) is 123 Å². The van der Waals surface area contributed by atoms with Crippen LogP contribution < -0.4 is 0 Å². The van der Waals surface area contributed by atoms with Crippen LogP contribution in [0.5, 0.6) is 0 Å². The van der Waals surface area contributed by atoms with E-state index in [1.165, 1.54) is 98.4 Å². The standard InChI is InChI=1S/C29H38N2.2C6H13.Ni/c1-4-7-10-17-27-22-28(25-18-11-15-23(20-25)13-8-5-2)31(30)29(27)26-19-12-16-24(21-26)14-9-6-3;2*1-3-5-6-4-2;/h11-12,15-16,18-22H,4-10,13-14,17H2,1-3H3;2*1,3-6H2,2H3;/q;2*-1;+2. The van der Waals surface area contributed by atoms with Gasteiger partial charge in [0, 0.05) is 22.8 Å². The minimum Gasteiger partial charge on any atom is -0.493 e. The van der Waals surface area contributed by atoms with E-state index in [0.717, 1.165) is 61.0 Å². The molecule has 1 aliphatic rings. The van der Waals surface area contributed by atoms with Gasteiger partial charge >= 0.3 is 16.5 Å². The predicted octanol–water partition coefficient (Wildman–Crippen LogP) is 13.6. The normalized spacial score (nSPS) is 12.2.